The number of benzene rings is 3. The molecule has 40 heavy (non-hydrogen) atoms. The molecule has 2 atom stereocenters. The van der Waals surface area contributed by atoms with Crippen molar-refractivity contribution in [3.05, 3.63) is 87.9 Å². The van der Waals surface area contributed by atoms with Gasteiger partial charge in [0.05, 0.1) is 19.8 Å². The Morgan fingerprint density at radius 3 is 2.48 bits per heavy atom. The molecule has 212 valence electrons. The van der Waals surface area contributed by atoms with Gasteiger partial charge in [-0.1, -0.05) is 29.8 Å². The maximum Gasteiger partial charge on any atom is 0.410 e. The molecule has 0 saturated carbocycles. The Bertz CT molecular complexity index is 1380. The Labute approximate surface area is 239 Å². The van der Waals surface area contributed by atoms with E-state index >= 15 is 0 Å². The number of halogens is 1. The van der Waals surface area contributed by atoms with Gasteiger partial charge < -0.3 is 29.3 Å². The predicted octanol–water partition coefficient (Wildman–Crippen LogP) is 6.45. The molecule has 0 aliphatic heterocycles. The van der Waals surface area contributed by atoms with Crippen LogP contribution in [0.3, 0.4) is 0 Å². The van der Waals surface area contributed by atoms with Crippen LogP contribution in [0.15, 0.2) is 60.7 Å². The molecule has 4 rings (SSSR count). The average Bonchev–Trinajstić information content (AvgIpc) is 2.90. The summed E-state index contributed by atoms with van der Waals surface area (Å²) in [5, 5.41) is 21.5. The van der Waals surface area contributed by atoms with E-state index < -0.39 is 23.8 Å². The number of aliphatic hydroxyl groups is 1. The standard InChI is InChI=1S/C31H34ClNO7/c1-31(2,3)40-30(37)33(18-28(35)20-6-5-7-22(32)14-20)23-10-8-19-9-11-24(16-21(19)15-23)39-25-12-13-27(34)26(17-25)29(36)38-4/h5-7,9,11-14,16-17,23,28,34-35H,8,10,15,18H2,1-4H3/t23-,28+/m0/s1. The molecule has 8 nitrogen and oxygen atoms in total. The smallest absolute Gasteiger partial charge is 0.410 e. The summed E-state index contributed by atoms with van der Waals surface area (Å²) >= 11 is 6.13. The number of fused-ring (bicyclic) bond motifs is 1. The summed E-state index contributed by atoms with van der Waals surface area (Å²) in [5.41, 5.74) is 2.07. The Balaban J connectivity index is 1.56. The topological polar surface area (TPSA) is 106 Å². The summed E-state index contributed by atoms with van der Waals surface area (Å²) in [6.45, 7) is 5.48. The number of phenolic OH excluding ortho intramolecular Hbond substituents is 1. The lowest BCUT2D eigenvalue weighted by Crippen LogP contribution is -2.47. The molecule has 0 spiro atoms. The van der Waals surface area contributed by atoms with E-state index in [2.05, 4.69) is 0 Å². The zero-order chi connectivity index (χ0) is 29.0. The fourth-order valence-electron chi connectivity index (χ4n) is 4.73. The van der Waals surface area contributed by atoms with Crippen LogP contribution in [-0.2, 0) is 22.3 Å². The number of carbonyl (C=O) groups is 2. The number of aliphatic hydroxyl groups excluding tert-OH is 1. The second-order valence-corrected chi connectivity index (χ2v) is 11.2. The van der Waals surface area contributed by atoms with Gasteiger partial charge in [0, 0.05) is 11.1 Å². The first-order valence-corrected chi connectivity index (χ1v) is 13.5. The summed E-state index contributed by atoms with van der Waals surface area (Å²) in [6, 6.07) is 16.8. The van der Waals surface area contributed by atoms with Crippen LogP contribution in [0.4, 0.5) is 4.79 Å². The lowest BCUT2D eigenvalue weighted by atomic mass is 9.87. The molecule has 1 aliphatic carbocycles. The molecular formula is C31H34ClNO7. The first kappa shape index (κ1) is 29.2. The number of hydrogen-bond acceptors (Lipinski definition) is 7. The molecule has 0 unspecified atom stereocenters. The average molecular weight is 568 g/mol. The van der Waals surface area contributed by atoms with Gasteiger partial charge >= 0.3 is 12.1 Å². The van der Waals surface area contributed by atoms with Crippen molar-refractivity contribution in [2.45, 2.75) is 57.8 Å². The fraction of sp³-hybridized carbons (Fsp3) is 0.355. The Morgan fingerprint density at radius 1 is 1.05 bits per heavy atom. The van der Waals surface area contributed by atoms with E-state index in [0.29, 0.717) is 34.9 Å². The number of aryl methyl sites for hydroxylation is 1. The van der Waals surface area contributed by atoms with Crippen LogP contribution in [0.25, 0.3) is 0 Å². The molecule has 0 fully saturated rings. The van der Waals surface area contributed by atoms with Crippen molar-refractivity contribution in [1.29, 1.82) is 0 Å². The normalized spacial score (nSPS) is 15.5. The SMILES string of the molecule is COC(=O)c1cc(Oc2ccc3c(c2)C[C@@H](N(C[C@@H](O)c2cccc(Cl)c2)C(=O)OC(C)(C)C)CC3)ccc1O. The number of methoxy groups -OCH3 is 1. The number of carbonyl (C=O) groups excluding carboxylic acids is 2. The largest absolute Gasteiger partial charge is 0.507 e. The van der Waals surface area contributed by atoms with Gasteiger partial charge in [0.2, 0.25) is 0 Å². The highest BCUT2D eigenvalue weighted by atomic mass is 35.5. The number of esters is 1. The number of phenols is 1. The minimum absolute atomic E-state index is 0.00397. The molecule has 0 heterocycles. The van der Waals surface area contributed by atoms with E-state index in [1.54, 1.807) is 35.2 Å². The van der Waals surface area contributed by atoms with Crippen molar-refractivity contribution in [3.8, 4) is 17.2 Å². The Kier molecular flexibility index (Phi) is 8.91. The summed E-state index contributed by atoms with van der Waals surface area (Å²) < 4.78 is 16.4. The highest BCUT2D eigenvalue weighted by Gasteiger charge is 2.33. The van der Waals surface area contributed by atoms with E-state index in [9.17, 15) is 19.8 Å². The quantitative estimate of drug-likeness (QED) is 0.316. The molecular weight excluding hydrogens is 534 g/mol. The van der Waals surface area contributed by atoms with Crippen molar-refractivity contribution < 1.29 is 34.0 Å². The molecule has 1 amide bonds. The Morgan fingerprint density at radius 2 is 1.77 bits per heavy atom. The van der Waals surface area contributed by atoms with Crippen LogP contribution in [0.1, 0.15) is 60.3 Å². The summed E-state index contributed by atoms with van der Waals surface area (Å²) in [7, 11) is 1.24. The third-order valence-corrected chi connectivity index (χ3v) is 6.90. The molecule has 0 saturated heterocycles. The number of rotatable bonds is 7. The molecule has 0 aromatic heterocycles. The predicted molar refractivity (Wildman–Crippen MR) is 151 cm³/mol. The maximum absolute atomic E-state index is 13.3. The van der Waals surface area contributed by atoms with E-state index in [0.717, 1.165) is 17.5 Å². The second kappa shape index (κ2) is 12.2. The number of amides is 1. The highest BCUT2D eigenvalue weighted by Crippen LogP contribution is 2.33. The van der Waals surface area contributed by atoms with Crippen molar-refractivity contribution in [2.75, 3.05) is 13.7 Å². The van der Waals surface area contributed by atoms with Gasteiger partial charge in [-0.2, -0.15) is 0 Å². The van der Waals surface area contributed by atoms with Crippen LogP contribution < -0.4 is 4.74 Å². The number of nitrogens with zero attached hydrogens (tertiary/aromatic N) is 1. The third-order valence-electron chi connectivity index (χ3n) is 6.66. The second-order valence-electron chi connectivity index (χ2n) is 10.8. The fourth-order valence-corrected chi connectivity index (χ4v) is 4.93. The number of ether oxygens (including phenoxy) is 3. The zero-order valence-electron chi connectivity index (χ0n) is 23.0. The van der Waals surface area contributed by atoms with Gasteiger partial charge in [-0.25, -0.2) is 9.59 Å². The molecule has 1 aliphatic rings. The summed E-state index contributed by atoms with van der Waals surface area (Å²) in [6.07, 6.45) is 0.541. The molecule has 3 aromatic carbocycles. The van der Waals surface area contributed by atoms with Gasteiger partial charge in [0.25, 0.3) is 0 Å². The van der Waals surface area contributed by atoms with Gasteiger partial charge in [0.15, 0.2) is 0 Å². The zero-order valence-corrected chi connectivity index (χ0v) is 23.8. The van der Waals surface area contributed by atoms with Crippen LogP contribution in [0, 0.1) is 0 Å². The highest BCUT2D eigenvalue weighted by molar-refractivity contribution is 6.30. The number of hydrogen-bond donors (Lipinski definition) is 2. The molecule has 9 heteroatoms. The molecule has 3 aromatic rings. The van der Waals surface area contributed by atoms with E-state index in [1.165, 1.54) is 19.2 Å². The van der Waals surface area contributed by atoms with E-state index in [1.807, 2.05) is 39.0 Å². The van der Waals surface area contributed by atoms with E-state index in [4.69, 9.17) is 25.8 Å². The van der Waals surface area contributed by atoms with Crippen molar-refractivity contribution >= 4 is 23.7 Å². The van der Waals surface area contributed by atoms with Crippen molar-refractivity contribution in [1.82, 2.24) is 4.90 Å². The lowest BCUT2D eigenvalue weighted by molar-refractivity contribution is 0.00194. The van der Waals surface area contributed by atoms with Gasteiger partial charge in [0.1, 0.15) is 28.4 Å². The molecule has 0 radical (unpaired) electrons. The lowest BCUT2D eigenvalue weighted by Gasteiger charge is -2.37. The van der Waals surface area contributed by atoms with Crippen LogP contribution in [0.2, 0.25) is 5.02 Å². The monoisotopic (exact) mass is 567 g/mol. The van der Waals surface area contributed by atoms with Gasteiger partial charge in [-0.05, 0) is 99.2 Å². The van der Waals surface area contributed by atoms with E-state index in [-0.39, 0.29) is 23.9 Å². The minimum atomic E-state index is -0.944. The van der Waals surface area contributed by atoms with Crippen molar-refractivity contribution in [2.24, 2.45) is 0 Å². The first-order valence-electron chi connectivity index (χ1n) is 13.1. The Hall–Kier alpha value is -3.75. The minimum Gasteiger partial charge on any atom is -0.507 e. The summed E-state index contributed by atoms with van der Waals surface area (Å²) in [4.78, 5) is 26.9. The number of aromatic hydroxyl groups is 1. The van der Waals surface area contributed by atoms with Crippen LogP contribution in [0.5, 0.6) is 17.2 Å². The molecule has 2 N–H and O–H groups in total. The first-order chi connectivity index (χ1) is 18.9. The van der Waals surface area contributed by atoms with Crippen LogP contribution in [-0.4, -0.2) is 52.5 Å². The van der Waals surface area contributed by atoms with Crippen molar-refractivity contribution in [3.63, 3.8) is 0 Å². The third kappa shape index (κ3) is 7.25. The summed E-state index contributed by atoms with van der Waals surface area (Å²) in [5.74, 6) is 0.0438. The molecule has 0 bridgehead atoms. The maximum atomic E-state index is 13.3. The van der Waals surface area contributed by atoms with Crippen LogP contribution >= 0.6 is 11.6 Å². The van der Waals surface area contributed by atoms with Gasteiger partial charge in [-0.3, -0.25) is 0 Å². The van der Waals surface area contributed by atoms with Gasteiger partial charge in [-0.15, -0.1) is 0 Å².